The van der Waals surface area contributed by atoms with Gasteiger partial charge in [-0.05, 0) is 72.9 Å². The average Bonchev–Trinajstić information content (AvgIpc) is 2.38. The van der Waals surface area contributed by atoms with E-state index in [1.54, 1.807) is 0 Å². The van der Waals surface area contributed by atoms with E-state index >= 15 is 0 Å². The standard InChI is InChI=1S/C15H31N3O2/c1-5-16-15(14(19)20)9-6-8-13(12-15)18(4)11-7-10-17(2)3/h13,16H,5-12H2,1-4H3,(H,19,20). The highest BCUT2D eigenvalue weighted by molar-refractivity contribution is 5.79. The lowest BCUT2D eigenvalue weighted by molar-refractivity contribution is -0.147. The number of rotatable bonds is 8. The Labute approximate surface area is 123 Å². The lowest BCUT2D eigenvalue weighted by atomic mass is 9.78. The molecule has 2 atom stereocenters. The van der Waals surface area contributed by atoms with E-state index in [-0.39, 0.29) is 0 Å². The van der Waals surface area contributed by atoms with Crippen molar-refractivity contribution in [3.05, 3.63) is 0 Å². The van der Waals surface area contributed by atoms with Gasteiger partial charge in [-0.3, -0.25) is 4.79 Å². The van der Waals surface area contributed by atoms with Gasteiger partial charge < -0.3 is 20.2 Å². The van der Waals surface area contributed by atoms with E-state index in [4.69, 9.17) is 0 Å². The molecule has 1 fully saturated rings. The normalized spacial score (nSPS) is 27.2. The van der Waals surface area contributed by atoms with Crippen LogP contribution in [0.3, 0.4) is 0 Å². The number of hydrogen-bond acceptors (Lipinski definition) is 4. The Morgan fingerprint density at radius 2 is 2.05 bits per heavy atom. The Kier molecular flexibility index (Phi) is 6.92. The molecule has 2 N–H and O–H groups in total. The molecule has 0 radical (unpaired) electrons. The van der Waals surface area contributed by atoms with E-state index in [0.29, 0.717) is 19.0 Å². The first kappa shape index (κ1) is 17.4. The molecule has 0 aromatic carbocycles. The predicted octanol–water partition coefficient (Wildman–Crippen LogP) is 1.25. The minimum Gasteiger partial charge on any atom is -0.480 e. The summed E-state index contributed by atoms with van der Waals surface area (Å²) in [6.45, 7) is 4.80. The van der Waals surface area contributed by atoms with Crippen molar-refractivity contribution in [2.45, 2.75) is 50.6 Å². The molecule has 1 rings (SSSR count). The summed E-state index contributed by atoms with van der Waals surface area (Å²) >= 11 is 0. The summed E-state index contributed by atoms with van der Waals surface area (Å²) in [5, 5.41) is 12.8. The SMILES string of the molecule is CCNC1(C(=O)O)CCCC(N(C)CCCN(C)C)C1. The summed E-state index contributed by atoms with van der Waals surface area (Å²) in [5.74, 6) is -0.689. The molecule has 0 spiro atoms. The monoisotopic (exact) mass is 285 g/mol. The molecule has 20 heavy (non-hydrogen) atoms. The van der Waals surface area contributed by atoms with Gasteiger partial charge in [-0.2, -0.15) is 0 Å². The number of carbonyl (C=O) groups is 1. The maximum Gasteiger partial charge on any atom is 0.323 e. The van der Waals surface area contributed by atoms with Gasteiger partial charge in [0.2, 0.25) is 0 Å². The number of aliphatic carboxylic acids is 1. The lowest BCUT2D eigenvalue weighted by Crippen LogP contribution is -2.58. The molecule has 5 nitrogen and oxygen atoms in total. The molecule has 0 bridgehead atoms. The van der Waals surface area contributed by atoms with Gasteiger partial charge in [0, 0.05) is 6.04 Å². The van der Waals surface area contributed by atoms with Crippen LogP contribution in [0.2, 0.25) is 0 Å². The fourth-order valence-corrected chi connectivity index (χ4v) is 3.21. The molecule has 2 unspecified atom stereocenters. The molecule has 0 aromatic rings. The number of carboxylic acid groups (broad SMARTS) is 1. The van der Waals surface area contributed by atoms with Gasteiger partial charge in [0.15, 0.2) is 0 Å². The fraction of sp³-hybridized carbons (Fsp3) is 0.933. The summed E-state index contributed by atoms with van der Waals surface area (Å²) in [5.41, 5.74) is -0.715. The third-order valence-electron chi connectivity index (χ3n) is 4.39. The van der Waals surface area contributed by atoms with E-state index in [9.17, 15) is 9.90 Å². The Balaban J connectivity index is 2.56. The molecule has 1 saturated carbocycles. The van der Waals surface area contributed by atoms with Gasteiger partial charge in [0.1, 0.15) is 5.54 Å². The summed E-state index contributed by atoms with van der Waals surface area (Å²) < 4.78 is 0. The van der Waals surface area contributed by atoms with Crippen molar-refractivity contribution < 1.29 is 9.90 Å². The molecule has 5 heteroatoms. The molecule has 1 aliphatic rings. The van der Waals surface area contributed by atoms with Crippen molar-refractivity contribution in [3.8, 4) is 0 Å². The molecule has 0 aliphatic heterocycles. The van der Waals surface area contributed by atoms with Gasteiger partial charge in [0.05, 0.1) is 0 Å². The molecular formula is C15H31N3O2. The van der Waals surface area contributed by atoms with Gasteiger partial charge in [0.25, 0.3) is 0 Å². The van der Waals surface area contributed by atoms with E-state index in [2.05, 4.69) is 36.3 Å². The van der Waals surface area contributed by atoms with Crippen LogP contribution >= 0.6 is 0 Å². The Bertz CT molecular complexity index is 305. The van der Waals surface area contributed by atoms with Crippen molar-refractivity contribution in [2.24, 2.45) is 0 Å². The molecule has 1 aliphatic carbocycles. The molecule has 0 amide bonds. The minimum atomic E-state index is -0.715. The van der Waals surface area contributed by atoms with Crippen molar-refractivity contribution in [1.82, 2.24) is 15.1 Å². The lowest BCUT2D eigenvalue weighted by Gasteiger charge is -2.41. The second-order valence-corrected chi connectivity index (χ2v) is 6.31. The average molecular weight is 285 g/mol. The van der Waals surface area contributed by atoms with Crippen LogP contribution < -0.4 is 5.32 Å². The quantitative estimate of drug-likeness (QED) is 0.703. The van der Waals surface area contributed by atoms with Crippen LogP contribution in [0.25, 0.3) is 0 Å². The van der Waals surface area contributed by atoms with E-state index < -0.39 is 11.5 Å². The van der Waals surface area contributed by atoms with Crippen LogP contribution in [-0.4, -0.2) is 73.2 Å². The zero-order valence-corrected chi connectivity index (χ0v) is 13.5. The number of nitrogens with one attached hydrogen (secondary N) is 1. The fourth-order valence-electron chi connectivity index (χ4n) is 3.21. The molecular weight excluding hydrogens is 254 g/mol. The van der Waals surface area contributed by atoms with Crippen LogP contribution in [0.15, 0.2) is 0 Å². The highest BCUT2D eigenvalue weighted by Gasteiger charge is 2.43. The highest BCUT2D eigenvalue weighted by atomic mass is 16.4. The van der Waals surface area contributed by atoms with Gasteiger partial charge in [-0.1, -0.05) is 6.92 Å². The van der Waals surface area contributed by atoms with E-state index in [1.165, 1.54) is 0 Å². The zero-order chi connectivity index (χ0) is 15.2. The largest absolute Gasteiger partial charge is 0.480 e. The summed E-state index contributed by atoms with van der Waals surface area (Å²) in [6, 6.07) is 0.376. The van der Waals surface area contributed by atoms with Gasteiger partial charge >= 0.3 is 5.97 Å². The second-order valence-electron chi connectivity index (χ2n) is 6.31. The first-order valence-electron chi connectivity index (χ1n) is 7.74. The second kappa shape index (κ2) is 7.96. The van der Waals surface area contributed by atoms with E-state index in [1.807, 2.05) is 6.92 Å². The third-order valence-corrected chi connectivity index (χ3v) is 4.39. The number of likely N-dealkylation sites (N-methyl/N-ethyl adjacent to an activating group) is 1. The maximum absolute atomic E-state index is 11.7. The maximum atomic E-state index is 11.7. The van der Waals surface area contributed by atoms with Gasteiger partial charge in [-0.15, -0.1) is 0 Å². The van der Waals surface area contributed by atoms with Crippen LogP contribution in [0, 0.1) is 0 Å². The molecule has 0 heterocycles. The van der Waals surface area contributed by atoms with Crippen LogP contribution in [-0.2, 0) is 4.79 Å². The Hall–Kier alpha value is -0.650. The topological polar surface area (TPSA) is 55.8 Å². The molecule has 0 saturated heterocycles. The Morgan fingerprint density at radius 3 is 2.60 bits per heavy atom. The molecule has 118 valence electrons. The first-order chi connectivity index (χ1) is 9.41. The summed E-state index contributed by atoms with van der Waals surface area (Å²) in [4.78, 5) is 16.2. The minimum absolute atomic E-state index is 0.376. The van der Waals surface area contributed by atoms with Crippen LogP contribution in [0.1, 0.15) is 39.0 Å². The van der Waals surface area contributed by atoms with Crippen molar-refractivity contribution in [2.75, 3.05) is 40.8 Å². The third kappa shape index (κ3) is 4.72. The Morgan fingerprint density at radius 1 is 1.35 bits per heavy atom. The summed E-state index contributed by atoms with van der Waals surface area (Å²) in [6.07, 6.45) is 4.69. The molecule has 0 aromatic heterocycles. The van der Waals surface area contributed by atoms with Crippen molar-refractivity contribution >= 4 is 5.97 Å². The number of nitrogens with zero attached hydrogens (tertiary/aromatic N) is 2. The van der Waals surface area contributed by atoms with Crippen molar-refractivity contribution in [3.63, 3.8) is 0 Å². The smallest absolute Gasteiger partial charge is 0.323 e. The number of hydrogen-bond donors (Lipinski definition) is 2. The number of carboxylic acids is 1. The van der Waals surface area contributed by atoms with E-state index in [0.717, 1.165) is 38.8 Å². The zero-order valence-electron chi connectivity index (χ0n) is 13.5. The van der Waals surface area contributed by atoms with Gasteiger partial charge in [-0.25, -0.2) is 0 Å². The van der Waals surface area contributed by atoms with Crippen molar-refractivity contribution in [1.29, 1.82) is 0 Å². The predicted molar refractivity (Wildman–Crippen MR) is 82.1 cm³/mol. The summed E-state index contributed by atoms with van der Waals surface area (Å²) in [7, 11) is 6.30. The first-order valence-corrected chi connectivity index (χ1v) is 7.74. The highest BCUT2D eigenvalue weighted by Crippen LogP contribution is 2.31. The van der Waals surface area contributed by atoms with Crippen LogP contribution in [0.4, 0.5) is 0 Å². The van der Waals surface area contributed by atoms with Crippen LogP contribution in [0.5, 0.6) is 0 Å².